The van der Waals surface area contributed by atoms with Crippen molar-refractivity contribution in [3.05, 3.63) is 0 Å². The van der Waals surface area contributed by atoms with Gasteiger partial charge in [0.2, 0.25) is 11.8 Å². The van der Waals surface area contributed by atoms with Crippen LogP contribution in [0, 0.1) is 0 Å². The summed E-state index contributed by atoms with van der Waals surface area (Å²) >= 11 is 0. The fourth-order valence-electron chi connectivity index (χ4n) is 1.69. The summed E-state index contributed by atoms with van der Waals surface area (Å²) in [6.07, 6.45) is 0.971. The monoisotopic (exact) mass is 317 g/mol. The number of carboxylic acid groups (broad SMARTS) is 1. The molecule has 0 aliphatic heterocycles. The summed E-state index contributed by atoms with van der Waals surface area (Å²) in [4.78, 5) is 44.5. The number of esters is 1. The molecule has 0 radical (unpaired) electrons. The van der Waals surface area contributed by atoms with E-state index in [1.54, 1.807) is 0 Å². The molecule has 2 atom stereocenters. The molecule has 0 fully saturated rings. The van der Waals surface area contributed by atoms with E-state index in [0.717, 1.165) is 0 Å². The Bertz CT molecular complexity index is 413. The number of rotatable bonds is 10. The molecule has 9 heteroatoms. The van der Waals surface area contributed by atoms with Gasteiger partial charge in [0.15, 0.2) is 0 Å². The van der Waals surface area contributed by atoms with E-state index in [4.69, 9.17) is 10.8 Å². The van der Waals surface area contributed by atoms with Gasteiger partial charge in [-0.1, -0.05) is 0 Å². The SMILES string of the molecule is COC(=O)C(CCCCNC(C)=O)NC(=O)C(N)CC(=O)O. The lowest BCUT2D eigenvalue weighted by atomic mass is 10.1. The molecular weight excluding hydrogens is 294 g/mol. The topological polar surface area (TPSA) is 148 Å². The number of hydrogen-bond acceptors (Lipinski definition) is 6. The number of hydrogen-bond donors (Lipinski definition) is 4. The van der Waals surface area contributed by atoms with Crippen molar-refractivity contribution in [3.8, 4) is 0 Å². The van der Waals surface area contributed by atoms with Crippen LogP contribution in [0.2, 0.25) is 0 Å². The minimum absolute atomic E-state index is 0.141. The minimum atomic E-state index is -1.23. The van der Waals surface area contributed by atoms with Crippen LogP contribution in [0.1, 0.15) is 32.6 Å². The second-order valence-corrected chi connectivity index (χ2v) is 4.77. The van der Waals surface area contributed by atoms with Crippen LogP contribution in [0.4, 0.5) is 0 Å². The van der Waals surface area contributed by atoms with Crippen LogP contribution >= 0.6 is 0 Å². The van der Waals surface area contributed by atoms with Crippen molar-refractivity contribution in [3.63, 3.8) is 0 Å². The number of nitrogens with one attached hydrogen (secondary N) is 2. The first-order valence-electron chi connectivity index (χ1n) is 6.88. The molecule has 0 rings (SSSR count). The predicted octanol–water partition coefficient (Wildman–Crippen LogP) is -1.25. The Labute approximate surface area is 128 Å². The predicted molar refractivity (Wildman–Crippen MR) is 76.7 cm³/mol. The fraction of sp³-hybridized carbons (Fsp3) is 0.692. The Hall–Kier alpha value is -2.16. The van der Waals surface area contributed by atoms with Crippen molar-refractivity contribution in [2.45, 2.75) is 44.7 Å². The average Bonchev–Trinajstić information content (AvgIpc) is 2.43. The summed E-state index contributed by atoms with van der Waals surface area (Å²) in [5, 5.41) is 13.6. The highest BCUT2D eigenvalue weighted by Gasteiger charge is 2.25. The maximum atomic E-state index is 11.7. The summed E-state index contributed by atoms with van der Waals surface area (Å²) in [6, 6.07) is -2.13. The van der Waals surface area contributed by atoms with E-state index in [9.17, 15) is 19.2 Å². The summed E-state index contributed by atoms with van der Waals surface area (Å²) < 4.78 is 4.59. The zero-order valence-electron chi connectivity index (χ0n) is 12.8. The van der Waals surface area contributed by atoms with E-state index in [1.807, 2.05) is 0 Å². The average molecular weight is 317 g/mol. The Kier molecular flexibility index (Phi) is 9.51. The van der Waals surface area contributed by atoms with Crippen LogP contribution in [0.25, 0.3) is 0 Å². The third-order valence-electron chi connectivity index (χ3n) is 2.83. The quantitative estimate of drug-likeness (QED) is 0.291. The van der Waals surface area contributed by atoms with Gasteiger partial charge in [0, 0.05) is 13.5 Å². The Balaban J connectivity index is 4.34. The van der Waals surface area contributed by atoms with E-state index in [1.165, 1.54) is 14.0 Å². The Morgan fingerprint density at radius 1 is 1.23 bits per heavy atom. The number of methoxy groups -OCH3 is 1. The number of amides is 2. The second kappa shape index (κ2) is 10.6. The summed E-state index contributed by atoms with van der Waals surface area (Å²) in [5.41, 5.74) is 5.43. The lowest BCUT2D eigenvalue weighted by molar-refractivity contribution is -0.145. The van der Waals surface area contributed by atoms with E-state index >= 15 is 0 Å². The molecule has 0 aromatic carbocycles. The largest absolute Gasteiger partial charge is 0.481 e. The first-order valence-corrected chi connectivity index (χ1v) is 6.88. The van der Waals surface area contributed by atoms with Gasteiger partial charge in [0.25, 0.3) is 0 Å². The highest BCUT2D eigenvalue weighted by molar-refractivity contribution is 5.89. The number of nitrogens with two attached hydrogens (primary N) is 1. The lowest BCUT2D eigenvalue weighted by Gasteiger charge is -2.18. The second-order valence-electron chi connectivity index (χ2n) is 4.77. The van der Waals surface area contributed by atoms with E-state index in [2.05, 4.69) is 15.4 Å². The fourth-order valence-corrected chi connectivity index (χ4v) is 1.69. The van der Waals surface area contributed by atoms with Gasteiger partial charge in [-0.15, -0.1) is 0 Å². The summed E-state index contributed by atoms with van der Waals surface area (Å²) in [5.74, 6) is -2.69. The molecule has 0 aliphatic rings. The molecule has 126 valence electrons. The van der Waals surface area contributed by atoms with Gasteiger partial charge in [0.05, 0.1) is 19.6 Å². The highest BCUT2D eigenvalue weighted by Crippen LogP contribution is 2.03. The minimum Gasteiger partial charge on any atom is -0.481 e. The van der Waals surface area contributed by atoms with E-state index in [-0.39, 0.29) is 5.91 Å². The molecule has 9 nitrogen and oxygen atoms in total. The Morgan fingerprint density at radius 3 is 2.36 bits per heavy atom. The van der Waals surface area contributed by atoms with Crippen LogP contribution in [-0.2, 0) is 23.9 Å². The number of ether oxygens (including phenoxy) is 1. The third kappa shape index (κ3) is 8.90. The van der Waals surface area contributed by atoms with Crippen LogP contribution < -0.4 is 16.4 Å². The van der Waals surface area contributed by atoms with Crippen molar-refractivity contribution in [1.82, 2.24) is 10.6 Å². The first-order chi connectivity index (χ1) is 10.3. The van der Waals surface area contributed by atoms with Gasteiger partial charge >= 0.3 is 11.9 Å². The molecule has 0 saturated heterocycles. The molecule has 0 saturated carbocycles. The molecule has 0 heterocycles. The molecule has 0 aromatic rings. The van der Waals surface area contributed by atoms with Crippen molar-refractivity contribution in [1.29, 1.82) is 0 Å². The maximum Gasteiger partial charge on any atom is 0.328 e. The molecule has 5 N–H and O–H groups in total. The van der Waals surface area contributed by atoms with Crippen LogP contribution in [0.3, 0.4) is 0 Å². The van der Waals surface area contributed by atoms with Crippen molar-refractivity contribution in [2.75, 3.05) is 13.7 Å². The third-order valence-corrected chi connectivity index (χ3v) is 2.83. The van der Waals surface area contributed by atoms with Gasteiger partial charge in [0.1, 0.15) is 6.04 Å². The maximum absolute atomic E-state index is 11.7. The number of aliphatic carboxylic acids is 1. The van der Waals surface area contributed by atoms with Crippen molar-refractivity contribution in [2.24, 2.45) is 5.73 Å². The van der Waals surface area contributed by atoms with Crippen LogP contribution in [0.15, 0.2) is 0 Å². The summed E-state index contributed by atoms with van der Waals surface area (Å²) in [7, 11) is 1.19. The molecule has 2 unspecified atom stereocenters. The van der Waals surface area contributed by atoms with E-state index in [0.29, 0.717) is 25.8 Å². The smallest absolute Gasteiger partial charge is 0.328 e. The van der Waals surface area contributed by atoms with E-state index < -0.39 is 36.4 Å². The molecular formula is C13H23N3O6. The molecule has 2 amide bonds. The van der Waals surface area contributed by atoms with Gasteiger partial charge < -0.3 is 26.2 Å². The zero-order valence-corrected chi connectivity index (χ0v) is 12.8. The first kappa shape index (κ1) is 19.8. The van der Waals surface area contributed by atoms with Gasteiger partial charge in [-0.3, -0.25) is 14.4 Å². The Morgan fingerprint density at radius 2 is 1.86 bits per heavy atom. The van der Waals surface area contributed by atoms with Gasteiger partial charge in [-0.2, -0.15) is 0 Å². The molecule has 0 aromatic heterocycles. The number of carbonyl (C=O) groups is 4. The van der Waals surface area contributed by atoms with Crippen LogP contribution in [0.5, 0.6) is 0 Å². The van der Waals surface area contributed by atoms with Crippen molar-refractivity contribution < 1.29 is 29.0 Å². The lowest BCUT2D eigenvalue weighted by Crippen LogP contribution is -2.49. The number of carbonyl (C=O) groups excluding carboxylic acids is 3. The highest BCUT2D eigenvalue weighted by atomic mass is 16.5. The standard InChI is InChI=1S/C13H23N3O6/c1-8(17)15-6-4-3-5-10(13(21)22-2)16-12(20)9(14)7-11(18)19/h9-10H,3-7,14H2,1-2H3,(H,15,17)(H,16,20)(H,18,19). The number of carboxylic acids is 1. The van der Waals surface area contributed by atoms with Gasteiger partial charge in [-0.25, -0.2) is 4.79 Å². The zero-order chi connectivity index (χ0) is 17.1. The molecule has 0 bridgehead atoms. The normalized spacial score (nSPS) is 12.9. The number of unbranched alkanes of at least 4 members (excludes halogenated alkanes) is 1. The molecule has 0 spiro atoms. The van der Waals surface area contributed by atoms with Crippen molar-refractivity contribution >= 4 is 23.8 Å². The molecule has 22 heavy (non-hydrogen) atoms. The molecule has 0 aliphatic carbocycles. The summed E-state index contributed by atoms with van der Waals surface area (Å²) in [6.45, 7) is 1.87. The van der Waals surface area contributed by atoms with Gasteiger partial charge in [-0.05, 0) is 19.3 Å². The van der Waals surface area contributed by atoms with Crippen LogP contribution in [-0.4, -0.2) is 54.6 Å².